The first-order chi connectivity index (χ1) is 19.4. The van der Waals surface area contributed by atoms with Gasteiger partial charge in [0.15, 0.2) is 0 Å². The summed E-state index contributed by atoms with van der Waals surface area (Å²) in [7, 11) is 3.92. The van der Waals surface area contributed by atoms with E-state index in [0.717, 1.165) is 19.2 Å². The predicted octanol–water partition coefficient (Wildman–Crippen LogP) is 4.32. The maximum absolute atomic E-state index is 13.0. The molecule has 210 valence electrons. The molecular formula is C28H25N5O8. The molecule has 13 heteroatoms. The fourth-order valence-corrected chi connectivity index (χ4v) is 3.88. The standard InChI is InChI=1S/C28H25N5O8/c1-14-9-16(33(2)28(39)41-4)6-7-17(14)18-11-20(23(34)12-22(18)32-27(38)40-3)24(30)25(35)31-21-8-5-15(13-29)10-19(21)26(36)37/h5-12,30,34H,1-4H3,(H,31,35)(H,32,38)(H,36,37). The number of amides is 3. The Morgan fingerprint density at radius 2 is 1.63 bits per heavy atom. The summed E-state index contributed by atoms with van der Waals surface area (Å²) in [4.78, 5) is 49.9. The summed E-state index contributed by atoms with van der Waals surface area (Å²) >= 11 is 0. The SMILES string of the molecule is COC(=O)Nc1cc(O)c(C(=N)C(=O)Nc2ccc(C#N)cc2C(=O)O)cc1-c1ccc(N(C)C(=O)OC)cc1C. The molecule has 0 fully saturated rings. The lowest BCUT2D eigenvalue weighted by atomic mass is 9.94. The number of carboxylic acids is 1. The summed E-state index contributed by atoms with van der Waals surface area (Å²) < 4.78 is 9.41. The fourth-order valence-electron chi connectivity index (χ4n) is 3.88. The zero-order valence-electron chi connectivity index (χ0n) is 22.4. The highest BCUT2D eigenvalue weighted by Gasteiger charge is 2.23. The zero-order valence-corrected chi connectivity index (χ0v) is 22.4. The van der Waals surface area contributed by atoms with E-state index < -0.39 is 35.5 Å². The number of phenolic OH excluding ortho intramolecular Hbond substituents is 1. The monoisotopic (exact) mass is 559 g/mol. The lowest BCUT2D eigenvalue weighted by Gasteiger charge is -2.19. The van der Waals surface area contributed by atoms with Gasteiger partial charge in [0, 0.05) is 29.9 Å². The molecule has 0 radical (unpaired) electrons. The quantitative estimate of drug-likeness (QED) is 0.261. The molecule has 13 nitrogen and oxygen atoms in total. The van der Waals surface area contributed by atoms with Crippen LogP contribution in [0, 0.1) is 23.7 Å². The second kappa shape index (κ2) is 12.3. The molecule has 0 saturated carbocycles. The van der Waals surface area contributed by atoms with Gasteiger partial charge >= 0.3 is 18.2 Å². The Hall–Kier alpha value is -5.90. The maximum Gasteiger partial charge on any atom is 0.413 e. The van der Waals surface area contributed by atoms with Crippen molar-refractivity contribution in [1.29, 1.82) is 10.7 Å². The van der Waals surface area contributed by atoms with Gasteiger partial charge in [0.1, 0.15) is 11.5 Å². The third-order valence-electron chi connectivity index (χ3n) is 6.02. The van der Waals surface area contributed by atoms with Gasteiger partial charge in [0.05, 0.1) is 42.8 Å². The van der Waals surface area contributed by atoms with E-state index in [9.17, 15) is 29.4 Å². The number of benzene rings is 3. The zero-order chi connectivity index (χ0) is 30.4. The van der Waals surface area contributed by atoms with Crippen molar-refractivity contribution in [2.75, 3.05) is 36.8 Å². The molecule has 0 aliphatic heterocycles. The van der Waals surface area contributed by atoms with Gasteiger partial charge in [-0.1, -0.05) is 6.07 Å². The van der Waals surface area contributed by atoms with E-state index in [4.69, 9.17) is 15.4 Å². The molecule has 0 aliphatic rings. The summed E-state index contributed by atoms with van der Waals surface area (Å²) in [6.07, 6.45) is -1.43. The van der Waals surface area contributed by atoms with Crippen LogP contribution in [-0.2, 0) is 14.3 Å². The highest BCUT2D eigenvalue weighted by molar-refractivity contribution is 6.48. The Bertz CT molecular complexity index is 1630. The van der Waals surface area contributed by atoms with E-state index in [1.807, 2.05) is 6.07 Å². The second-order valence-electron chi connectivity index (χ2n) is 8.57. The molecule has 3 rings (SSSR count). The lowest BCUT2D eigenvalue weighted by Crippen LogP contribution is -2.25. The summed E-state index contributed by atoms with van der Waals surface area (Å²) in [6.45, 7) is 1.73. The van der Waals surface area contributed by atoms with Crippen molar-refractivity contribution in [3.05, 3.63) is 70.8 Å². The van der Waals surface area contributed by atoms with E-state index in [1.165, 1.54) is 37.3 Å². The highest BCUT2D eigenvalue weighted by Crippen LogP contribution is 2.37. The molecule has 0 atom stereocenters. The van der Waals surface area contributed by atoms with E-state index in [2.05, 4.69) is 15.4 Å². The van der Waals surface area contributed by atoms with Crippen LogP contribution in [0.25, 0.3) is 11.1 Å². The van der Waals surface area contributed by atoms with Crippen LogP contribution >= 0.6 is 0 Å². The number of carboxylic acid groups (broad SMARTS) is 1. The number of methoxy groups -OCH3 is 2. The van der Waals surface area contributed by atoms with E-state index in [0.29, 0.717) is 22.4 Å². The Labute approximate surface area is 234 Å². The van der Waals surface area contributed by atoms with Crippen molar-refractivity contribution in [2.24, 2.45) is 0 Å². The molecule has 3 aromatic rings. The molecule has 0 saturated heterocycles. The van der Waals surface area contributed by atoms with Crippen LogP contribution in [0.2, 0.25) is 0 Å². The smallest absolute Gasteiger partial charge is 0.413 e. The van der Waals surface area contributed by atoms with Crippen LogP contribution in [0.3, 0.4) is 0 Å². The molecule has 0 aliphatic carbocycles. The third-order valence-corrected chi connectivity index (χ3v) is 6.02. The van der Waals surface area contributed by atoms with Gasteiger partial charge in [-0.3, -0.25) is 20.4 Å². The van der Waals surface area contributed by atoms with Crippen molar-refractivity contribution in [1.82, 2.24) is 0 Å². The average molecular weight is 560 g/mol. The number of carbonyl (C=O) groups is 4. The van der Waals surface area contributed by atoms with Gasteiger partial charge in [-0.05, 0) is 54.4 Å². The van der Waals surface area contributed by atoms with E-state index in [-0.39, 0.29) is 28.1 Å². The van der Waals surface area contributed by atoms with Gasteiger partial charge in [0.2, 0.25) is 0 Å². The molecular weight excluding hydrogens is 534 g/mol. The molecule has 5 N–H and O–H groups in total. The van der Waals surface area contributed by atoms with Crippen molar-refractivity contribution in [3.63, 3.8) is 0 Å². The fraction of sp³-hybridized carbons (Fsp3) is 0.143. The Morgan fingerprint density at radius 3 is 2.22 bits per heavy atom. The van der Waals surface area contributed by atoms with Crippen LogP contribution in [-0.4, -0.2) is 61.3 Å². The Balaban J connectivity index is 2.08. The number of anilines is 3. The summed E-state index contributed by atoms with van der Waals surface area (Å²) in [6, 6.07) is 12.8. The van der Waals surface area contributed by atoms with Crippen molar-refractivity contribution >= 4 is 46.8 Å². The summed E-state index contributed by atoms with van der Waals surface area (Å²) in [5, 5.41) is 42.5. The number of ether oxygens (including phenoxy) is 2. The number of nitrogens with zero attached hydrogens (tertiary/aromatic N) is 2. The minimum Gasteiger partial charge on any atom is -0.507 e. The van der Waals surface area contributed by atoms with Gasteiger partial charge in [-0.2, -0.15) is 5.26 Å². The summed E-state index contributed by atoms with van der Waals surface area (Å²) in [5.41, 5.74) is 0.655. The van der Waals surface area contributed by atoms with Crippen molar-refractivity contribution in [3.8, 4) is 22.9 Å². The van der Waals surface area contributed by atoms with Crippen LogP contribution in [0.1, 0.15) is 27.0 Å². The molecule has 0 aromatic heterocycles. The minimum absolute atomic E-state index is 0.0608. The molecule has 3 aromatic carbocycles. The topological polar surface area (TPSA) is 202 Å². The number of carbonyl (C=O) groups excluding carboxylic acids is 3. The van der Waals surface area contributed by atoms with Gasteiger partial charge in [-0.25, -0.2) is 14.4 Å². The van der Waals surface area contributed by atoms with Gasteiger partial charge < -0.3 is 25.0 Å². The largest absolute Gasteiger partial charge is 0.507 e. The molecule has 3 amide bonds. The predicted molar refractivity (Wildman–Crippen MR) is 149 cm³/mol. The Morgan fingerprint density at radius 1 is 0.927 bits per heavy atom. The minimum atomic E-state index is -1.40. The van der Waals surface area contributed by atoms with Crippen LogP contribution < -0.4 is 15.5 Å². The molecule has 41 heavy (non-hydrogen) atoms. The van der Waals surface area contributed by atoms with Gasteiger partial charge in [-0.15, -0.1) is 0 Å². The molecule has 0 spiro atoms. The number of aryl methyl sites for hydroxylation is 1. The first-order valence-corrected chi connectivity index (χ1v) is 11.7. The first kappa shape index (κ1) is 29.7. The number of nitrogens with one attached hydrogen (secondary N) is 3. The van der Waals surface area contributed by atoms with Crippen molar-refractivity contribution < 1.29 is 38.9 Å². The van der Waals surface area contributed by atoms with Crippen LogP contribution in [0.4, 0.5) is 26.7 Å². The first-order valence-electron chi connectivity index (χ1n) is 11.7. The number of hydrogen-bond donors (Lipinski definition) is 5. The molecule has 0 bridgehead atoms. The van der Waals surface area contributed by atoms with Crippen molar-refractivity contribution in [2.45, 2.75) is 6.92 Å². The third kappa shape index (κ3) is 6.40. The number of aromatic carboxylic acids is 1. The van der Waals surface area contributed by atoms with E-state index >= 15 is 0 Å². The number of aromatic hydroxyl groups is 1. The summed E-state index contributed by atoms with van der Waals surface area (Å²) in [5.74, 6) is -2.97. The average Bonchev–Trinajstić information content (AvgIpc) is 2.96. The molecule has 0 unspecified atom stereocenters. The van der Waals surface area contributed by atoms with E-state index in [1.54, 1.807) is 25.1 Å². The maximum atomic E-state index is 13.0. The Kier molecular flexibility index (Phi) is 8.90. The number of nitriles is 1. The molecule has 0 heterocycles. The number of hydrogen-bond acceptors (Lipinski definition) is 9. The number of rotatable bonds is 7. The second-order valence-corrected chi connectivity index (χ2v) is 8.57. The van der Waals surface area contributed by atoms with Gasteiger partial charge in [0.25, 0.3) is 5.91 Å². The van der Waals surface area contributed by atoms with Crippen LogP contribution in [0.15, 0.2) is 48.5 Å². The highest BCUT2D eigenvalue weighted by atomic mass is 16.5. The normalized spacial score (nSPS) is 10.1. The lowest BCUT2D eigenvalue weighted by molar-refractivity contribution is -0.110. The number of phenols is 1. The van der Waals surface area contributed by atoms with Crippen LogP contribution in [0.5, 0.6) is 5.75 Å².